The minimum atomic E-state index is -3.76. The van der Waals surface area contributed by atoms with Crippen LogP contribution in [0.15, 0.2) is 71.6 Å². The van der Waals surface area contributed by atoms with E-state index in [-0.39, 0.29) is 6.04 Å². The number of hydrogen-bond acceptors (Lipinski definition) is 6. The highest BCUT2D eigenvalue weighted by Crippen LogP contribution is 2.33. The first-order chi connectivity index (χ1) is 17.3. The summed E-state index contributed by atoms with van der Waals surface area (Å²) in [6.07, 6.45) is 1.42. The Morgan fingerprint density at radius 1 is 0.833 bits per heavy atom. The lowest BCUT2D eigenvalue weighted by Gasteiger charge is -2.39. The first-order valence-corrected chi connectivity index (χ1v) is 13.5. The van der Waals surface area contributed by atoms with E-state index < -0.39 is 10.0 Å². The number of ether oxygens (including phenoxy) is 3. The second-order valence-corrected chi connectivity index (χ2v) is 10.9. The lowest BCUT2D eigenvalue weighted by Crippen LogP contribution is -2.47. The van der Waals surface area contributed by atoms with Gasteiger partial charge in [0.1, 0.15) is 17.2 Å². The number of benzene rings is 3. The van der Waals surface area contributed by atoms with E-state index in [1.165, 1.54) is 0 Å². The Hall–Kier alpha value is -3.23. The summed E-state index contributed by atoms with van der Waals surface area (Å²) in [6, 6.07) is 20.0. The number of rotatable bonds is 9. The van der Waals surface area contributed by atoms with Crippen molar-refractivity contribution in [2.45, 2.75) is 37.2 Å². The fourth-order valence-corrected chi connectivity index (χ4v) is 6.35. The van der Waals surface area contributed by atoms with Gasteiger partial charge in [-0.1, -0.05) is 23.8 Å². The molecule has 192 valence electrons. The fourth-order valence-electron chi connectivity index (χ4n) is 4.65. The van der Waals surface area contributed by atoms with Crippen molar-refractivity contribution < 1.29 is 22.6 Å². The Kier molecular flexibility index (Phi) is 8.06. The molecule has 4 rings (SSSR count). The lowest BCUT2D eigenvalue weighted by molar-refractivity contribution is 0.206. The van der Waals surface area contributed by atoms with Gasteiger partial charge in [-0.3, -0.25) is 9.21 Å². The van der Waals surface area contributed by atoms with E-state index in [0.717, 1.165) is 42.3 Å². The predicted molar refractivity (Wildman–Crippen MR) is 142 cm³/mol. The molecular formula is C28H34N2O5S. The molecule has 3 aromatic carbocycles. The summed E-state index contributed by atoms with van der Waals surface area (Å²) >= 11 is 0. The minimum Gasteiger partial charge on any atom is -0.497 e. The van der Waals surface area contributed by atoms with Gasteiger partial charge in [-0.2, -0.15) is 0 Å². The summed E-state index contributed by atoms with van der Waals surface area (Å²) in [5.41, 5.74) is 2.73. The molecule has 0 saturated carbocycles. The van der Waals surface area contributed by atoms with Crippen LogP contribution in [0.5, 0.6) is 17.2 Å². The largest absolute Gasteiger partial charge is 0.497 e. The molecule has 0 spiro atoms. The van der Waals surface area contributed by atoms with Crippen LogP contribution in [0.4, 0.5) is 5.69 Å². The molecule has 0 atom stereocenters. The molecule has 3 aromatic rings. The van der Waals surface area contributed by atoms with Crippen molar-refractivity contribution in [1.29, 1.82) is 0 Å². The molecule has 0 radical (unpaired) electrons. The smallest absolute Gasteiger partial charge is 0.264 e. The first-order valence-electron chi connectivity index (χ1n) is 12.0. The predicted octanol–water partition coefficient (Wildman–Crippen LogP) is 4.88. The van der Waals surface area contributed by atoms with Gasteiger partial charge in [-0.25, -0.2) is 8.42 Å². The third-order valence-electron chi connectivity index (χ3n) is 6.59. The van der Waals surface area contributed by atoms with Gasteiger partial charge in [0.2, 0.25) is 0 Å². The van der Waals surface area contributed by atoms with Crippen molar-refractivity contribution in [2.24, 2.45) is 0 Å². The first kappa shape index (κ1) is 25.9. The Bertz CT molecular complexity index is 1250. The van der Waals surface area contributed by atoms with Crippen molar-refractivity contribution in [3.05, 3.63) is 77.9 Å². The van der Waals surface area contributed by atoms with E-state index in [0.29, 0.717) is 29.2 Å². The molecule has 8 heteroatoms. The van der Waals surface area contributed by atoms with Gasteiger partial charge in [0, 0.05) is 37.8 Å². The van der Waals surface area contributed by atoms with Gasteiger partial charge >= 0.3 is 0 Å². The molecular weight excluding hydrogens is 476 g/mol. The van der Waals surface area contributed by atoms with E-state index in [1.807, 2.05) is 55.5 Å². The summed E-state index contributed by atoms with van der Waals surface area (Å²) in [5.74, 6) is 2.14. The van der Waals surface area contributed by atoms with Crippen molar-refractivity contribution >= 4 is 15.7 Å². The Balaban J connectivity index is 1.57. The zero-order valence-corrected chi connectivity index (χ0v) is 22.1. The molecule has 0 aromatic heterocycles. The van der Waals surface area contributed by atoms with Gasteiger partial charge in [-0.15, -0.1) is 0 Å². The van der Waals surface area contributed by atoms with Crippen LogP contribution >= 0.6 is 0 Å². The zero-order valence-electron chi connectivity index (χ0n) is 21.3. The topological polar surface area (TPSA) is 68.3 Å². The molecule has 1 saturated heterocycles. The Morgan fingerprint density at radius 3 is 2.03 bits per heavy atom. The van der Waals surface area contributed by atoms with Crippen molar-refractivity contribution in [3.63, 3.8) is 0 Å². The molecule has 0 bridgehead atoms. The van der Waals surface area contributed by atoms with Gasteiger partial charge in [0.25, 0.3) is 10.0 Å². The van der Waals surface area contributed by atoms with Gasteiger partial charge < -0.3 is 14.2 Å². The van der Waals surface area contributed by atoms with Crippen molar-refractivity contribution in [1.82, 2.24) is 4.90 Å². The molecule has 0 aliphatic carbocycles. The molecule has 1 aliphatic rings. The van der Waals surface area contributed by atoms with Crippen LogP contribution in [0.2, 0.25) is 0 Å². The van der Waals surface area contributed by atoms with E-state index >= 15 is 0 Å². The number of nitrogens with zero attached hydrogens (tertiary/aromatic N) is 2. The highest BCUT2D eigenvalue weighted by Gasteiger charge is 2.34. The summed E-state index contributed by atoms with van der Waals surface area (Å²) in [6.45, 7) is 4.23. The van der Waals surface area contributed by atoms with Gasteiger partial charge in [0.05, 0.1) is 31.9 Å². The second-order valence-electron chi connectivity index (χ2n) is 9.04. The van der Waals surface area contributed by atoms with Crippen molar-refractivity contribution in [2.75, 3.05) is 38.7 Å². The van der Waals surface area contributed by atoms with E-state index in [2.05, 4.69) is 4.90 Å². The third kappa shape index (κ3) is 5.77. The van der Waals surface area contributed by atoms with Crippen LogP contribution < -0.4 is 18.5 Å². The monoisotopic (exact) mass is 510 g/mol. The fraction of sp³-hybridized carbons (Fsp3) is 0.357. The standard InChI is InChI=1S/C28H34N2O5S/c1-21-8-10-28(11-9-21)36(31,32)30(24-6-5-7-25(18-24)33-2)23-12-14-29(15-13-23)20-22-16-26(34-3)19-27(17-22)35-4/h5-11,16-19,23H,12-15,20H2,1-4H3. The van der Waals surface area contributed by atoms with Crippen LogP contribution in [-0.4, -0.2) is 53.8 Å². The molecule has 1 fully saturated rings. The quantitative estimate of drug-likeness (QED) is 0.409. The molecule has 0 unspecified atom stereocenters. The highest BCUT2D eigenvalue weighted by molar-refractivity contribution is 7.92. The zero-order chi connectivity index (χ0) is 25.7. The number of likely N-dealkylation sites (tertiary alicyclic amines) is 1. The van der Waals surface area contributed by atoms with Crippen LogP contribution in [0.25, 0.3) is 0 Å². The average Bonchev–Trinajstić information content (AvgIpc) is 2.89. The van der Waals surface area contributed by atoms with Gasteiger partial charge in [-0.05, 0) is 61.7 Å². The molecule has 1 heterocycles. The second kappa shape index (κ2) is 11.2. The molecule has 0 N–H and O–H groups in total. The van der Waals surface area contributed by atoms with Crippen molar-refractivity contribution in [3.8, 4) is 17.2 Å². The van der Waals surface area contributed by atoms with E-state index in [9.17, 15) is 8.42 Å². The minimum absolute atomic E-state index is 0.167. The molecule has 1 aliphatic heterocycles. The SMILES string of the molecule is COc1cc(CN2CCC(N(c3cccc(OC)c3)S(=O)(=O)c3ccc(C)cc3)CC2)cc(OC)c1. The summed E-state index contributed by atoms with van der Waals surface area (Å²) in [4.78, 5) is 2.63. The Morgan fingerprint density at radius 2 is 1.44 bits per heavy atom. The third-order valence-corrected chi connectivity index (χ3v) is 8.49. The number of methoxy groups -OCH3 is 3. The summed E-state index contributed by atoms with van der Waals surface area (Å²) in [7, 11) is 1.11. The maximum absolute atomic E-state index is 13.9. The van der Waals surface area contributed by atoms with E-state index in [4.69, 9.17) is 14.2 Å². The normalized spacial score (nSPS) is 14.9. The number of piperidine rings is 1. The van der Waals surface area contributed by atoms with Crippen LogP contribution in [0, 0.1) is 6.92 Å². The average molecular weight is 511 g/mol. The molecule has 36 heavy (non-hydrogen) atoms. The maximum Gasteiger partial charge on any atom is 0.264 e. The van der Waals surface area contributed by atoms with Crippen LogP contribution in [0.1, 0.15) is 24.0 Å². The number of anilines is 1. The molecule has 7 nitrogen and oxygen atoms in total. The Labute approximate surface area is 214 Å². The highest BCUT2D eigenvalue weighted by atomic mass is 32.2. The number of hydrogen-bond donors (Lipinski definition) is 0. The maximum atomic E-state index is 13.9. The summed E-state index contributed by atoms with van der Waals surface area (Å²) < 4.78 is 45.6. The van der Waals surface area contributed by atoms with Crippen LogP contribution in [0.3, 0.4) is 0 Å². The molecule has 0 amide bonds. The number of sulfonamides is 1. The van der Waals surface area contributed by atoms with E-state index in [1.54, 1.807) is 43.8 Å². The van der Waals surface area contributed by atoms with Crippen LogP contribution in [-0.2, 0) is 16.6 Å². The lowest BCUT2D eigenvalue weighted by atomic mass is 10.0. The number of aryl methyl sites for hydroxylation is 1. The summed E-state index contributed by atoms with van der Waals surface area (Å²) in [5, 5.41) is 0. The van der Waals surface area contributed by atoms with Gasteiger partial charge in [0.15, 0.2) is 0 Å².